The van der Waals surface area contributed by atoms with Crippen LogP contribution >= 0.6 is 0 Å². The lowest BCUT2D eigenvalue weighted by Gasteiger charge is -2.27. The molecule has 0 saturated carbocycles. The molecule has 1 amide bonds. The van der Waals surface area contributed by atoms with Crippen molar-refractivity contribution in [1.82, 2.24) is 20.6 Å². The van der Waals surface area contributed by atoms with Gasteiger partial charge in [0.2, 0.25) is 5.91 Å². The van der Waals surface area contributed by atoms with Gasteiger partial charge in [-0.05, 0) is 32.8 Å². The maximum Gasteiger partial charge on any atom is 0.245 e. The van der Waals surface area contributed by atoms with Gasteiger partial charge in [0.25, 0.3) is 0 Å². The minimum Gasteiger partial charge on any atom is -0.493 e. The lowest BCUT2D eigenvalue weighted by molar-refractivity contribution is -0.124. The predicted molar refractivity (Wildman–Crippen MR) is 136 cm³/mol. The number of carbonyl (C=O) groups excluding carboxylic acids is 1. The minimum absolute atomic E-state index is 0.0821. The fourth-order valence-electron chi connectivity index (χ4n) is 3.74. The molecule has 1 aliphatic heterocycles. The fourth-order valence-corrected chi connectivity index (χ4v) is 3.74. The molecule has 0 aliphatic carbocycles. The molecule has 2 heterocycles. The first kappa shape index (κ1) is 25.0. The van der Waals surface area contributed by atoms with Gasteiger partial charge in [-0.2, -0.15) is 0 Å². The number of nitrogens with one attached hydrogen (secondary N) is 3. The molecule has 0 bridgehead atoms. The molecule has 1 aromatic carbocycles. The standard InChI is InChI=1S/C25H34N6O3/c1-8-11-28-24(32)25(3,4)31-23-17-13-19(33-6)20(34-7)14-18(17)29-21(30-23)15(2)16-10-9-12-27-22(16)26-5/h9,12-14,16H,2,8,10-11H2,1,3-7H3,(H,26,27)(H,28,32)(H,29,30,31). The average molecular weight is 467 g/mol. The zero-order valence-electron chi connectivity index (χ0n) is 20.8. The molecule has 182 valence electrons. The van der Waals surface area contributed by atoms with Crippen molar-refractivity contribution in [2.45, 2.75) is 39.2 Å². The first-order chi connectivity index (χ1) is 16.2. The highest BCUT2D eigenvalue weighted by molar-refractivity contribution is 5.98. The molecule has 0 spiro atoms. The van der Waals surface area contributed by atoms with Gasteiger partial charge in [-0.3, -0.25) is 4.79 Å². The molecular weight excluding hydrogens is 432 g/mol. The Bertz CT molecular complexity index is 1140. The van der Waals surface area contributed by atoms with E-state index in [4.69, 9.17) is 19.4 Å². The molecule has 34 heavy (non-hydrogen) atoms. The first-order valence-electron chi connectivity index (χ1n) is 11.4. The second kappa shape index (κ2) is 10.5. The van der Waals surface area contributed by atoms with Crippen molar-refractivity contribution in [1.29, 1.82) is 0 Å². The van der Waals surface area contributed by atoms with E-state index in [0.29, 0.717) is 40.6 Å². The molecule has 3 rings (SSSR count). The number of rotatable bonds is 9. The number of hydrogen-bond acceptors (Lipinski definition) is 8. The maximum atomic E-state index is 12.8. The summed E-state index contributed by atoms with van der Waals surface area (Å²) in [6, 6.07) is 3.61. The van der Waals surface area contributed by atoms with Crippen molar-refractivity contribution in [2.75, 3.05) is 33.1 Å². The Morgan fingerprint density at radius 3 is 2.56 bits per heavy atom. The summed E-state index contributed by atoms with van der Waals surface area (Å²) in [6.07, 6.45) is 5.36. The summed E-state index contributed by atoms with van der Waals surface area (Å²) < 4.78 is 11.0. The van der Waals surface area contributed by atoms with E-state index in [0.717, 1.165) is 24.3 Å². The second-order valence-electron chi connectivity index (χ2n) is 8.59. The summed E-state index contributed by atoms with van der Waals surface area (Å²) >= 11 is 0. The van der Waals surface area contributed by atoms with E-state index in [1.165, 1.54) is 0 Å². The van der Waals surface area contributed by atoms with Crippen LogP contribution in [0.25, 0.3) is 16.5 Å². The molecule has 0 fully saturated rings. The third kappa shape index (κ3) is 5.13. The number of anilines is 1. The monoisotopic (exact) mass is 466 g/mol. The molecule has 1 aromatic heterocycles. The summed E-state index contributed by atoms with van der Waals surface area (Å²) in [7, 11) is 4.99. The Balaban J connectivity index is 2.12. The van der Waals surface area contributed by atoms with Gasteiger partial charge in [0, 0.05) is 42.7 Å². The number of hydrogen-bond donors (Lipinski definition) is 3. The van der Waals surface area contributed by atoms with E-state index >= 15 is 0 Å². The van der Waals surface area contributed by atoms with Crippen molar-refractivity contribution in [3.63, 3.8) is 0 Å². The van der Waals surface area contributed by atoms with Crippen LogP contribution in [0.2, 0.25) is 0 Å². The van der Waals surface area contributed by atoms with Crippen molar-refractivity contribution < 1.29 is 14.3 Å². The zero-order chi connectivity index (χ0) is 24.9. The third-order valence-corrected chi connectivity index (χ3v) is 5.72. The topological polar surface area (TPSA) is 110 Å². The number of amides is 1. The second-order valence-corrected chi connectivity index (χ2v) is 8.59. The van der Waals surface area contributed by atoms with Gasteiger partial charge < -0.3 is 25.4 Å². The van der Waals surface area contributed by atoms with E-state index in [2.05, 4.69) is 27.5 Å². The lowest BCUT2D eigenvalue weighted by atomic mass is 9.93. The van der Waals surface area contributed by atoms with Gasteiger partial charge in [0.05, 0.1) is 19.7 Å². The van der Waals surface area contributed by atoms with Crippen molar-refractivity contribution in [3.05, 3.63) is 36.8 Å². The lowest BCUT2D eigenvalue weighted by Crippen LogP contribution is -2.48. The molecule has 9 heteroatoms. The highest BCUT2D eigenvalue weighted by atomic mass is 16.5. The van der Waals surface area contributed by atoms with Crippen LogP contribution in [0.1, 0.15) is 39.4 Å². The van der Waals surface area contributed by atoms with Crippen LogP contribution in [0.5, 0.6) is 11.5 Å². The normalized spacial score (nSPS) is 15.5. The van der Waals surface area contributed by atoms with Crippen LogP contribution < -0.4 is 25.4 Å². The number of carbonyl (C=O) groups is 1. The van der Waals surface area contributed by atoms with E-state index < -0.39 is 5.54 Å². The van der Waals surface area contributed by atoms with Gasteiger partial charge in [0.1, 0.15) is 17.2 Å². The van der Waals surface area contributed by atoms with Gasteiger partial charge >= 0.3 is 0 Å². The van der Waals surface area contributed by atoms with E-state index in [9.17, 15) is 4.79 Å². The summed E-state index contributed by atoms with van der Waals surface area (Å²) in [6.45, 7) is 10.6. The molecule has 3 N–H and O–H groups in total. The van der Waals surface area contributed by atoms with Crippen LogP contribution in [0.15, 0.2) is 36.0 Å². The highest BCUT2D eigenvalue weighted by Gasteiger charge is 2.30. The molecule has 1 atom stereocenters. The number of nitrogens with zero attached hydrogens (tertiary/aromatic N) is 3. The summed E-state index contributed by atoms with van der Waals surface area (Å²) in [5.74, 6) is 2.67. The summed E-state index contributed by atoms with van der Waals surface area (Å²) in [5.41, 5.74) is 0.448. The Labute approximate surface area is 200 Å². The fraction of sp³-hybridized carbons (Fsp3) is 0.440. The first-order valence-corrected chi connectivity index (χ1v) is 11.4. The van der Waals surface area contributed by atoms with Gasteiger partial charge in [-0.15, -0.1) is 0 Å². The Morgan fingerprint density at radius 2 is 1.91 bits per heavy atom. The smallest absolute Gasteiger partial charge is 0.245 e. The zero-order valence-corrected chi connectivity index (χ0v) is 20.8. The predicted octanol–water partition coefficient (Wildman–Crippen LogP) is 3.53. The number of aliphatic imine (C=N–C) groups is 1. The number of fused-ring (bicyclic) bond motifs is 1. The number of methoxy groups -OCH3 is 2. The minimum atomic E-state index is -0.923. The SMILES string of the molecule is C=C(c1nc(NC(C)(C)C(=O)NCCC)c2cc(OC)c(OC)cc2n1)C1CC=CN=C1NC. The number of allylic oxidation sites excluding steroid dienone is 1. The Kier molecular flexibility index (Phi) is 7.75. The average Bonchev–Trinajstić information content (AvgIpc) is 2.85. The van der Waals surface area contributed by atoms with Gasteiger partial charge in [-0.25, -0.2) is 15.0 Å². The van der Waals surface area contributed by atoms with Crippen LogP contribution in [0.4, 0.5) is 5.82 Å². The van der Waals surface area contributed by atoms with E-state index in [-0.39, 0.29) is 11.8 Å². The Hall–Kier alpha value is -3.62. The van der Waals surface area contributed by atoms with Crippen LogP contribution in [-0.2, 0) is 4.79 Å². The molecule has 0 radical (unpaired) electrons. The van der Waals surface area contributed by atoms with Crippen molar-refractivity contribution >= 4 is 34.0 Å². The number of benzene rings is 1. The van der Waals surface area contributed by atoms with E-state index in [1.807, 2.05) is 40.0 Å². The number of ether oxygens (including phenoxy) is 2. The molecule has 2 aromatic rings. The number of amidine groups is 1. The Morgan fingerprint density at radius 1 is 1.21 bits per heavy atom. The molecule has 0 saturated heterocycles. The van der Waals surface area contributed by atoms with Crippen LogP contribution in [0.3, 0.4) is 0 Å². The summed E-state index contributed by atoms with van der Waals surface area (Å²) in [4.78, 5) is 26.9. The van der Waals surface area contributed by atoms with Crippen LogP contribution in [-0.4, -0.2) is 55.1 Å². The molecule has 1 aliphatic rings. The molecule has 1 unspecified atom stereocenters. The van der Waals surface area contributed by atoms with E-state index in [1.54, 1.807) is 26.5 Å². The highest BCUT2D eigenvalue weighted by Crippen LogP contribution is 2.36. The molecule has 9 nitrogen and oxygen atoms in total. The maximum absolute atomic E-state index is 12.8. The van der Waals surface area contributed by atoms with Gasteiger partial charge in [-0.1, -0.05) is 19.6 Å². The van der Waals surface area contributed by atoms with Crippen molar-refractivity contribution in [2.24, 2.45) is 10.9 Å². The summed E-state index contributed by atoms with van der Waals surface area (Å²) in [5, 5.41) is 10.1. The van der Waals surface area contributed by atoms with Crippen molar-refractivity contribution in [3.8, 4) is 11.5 Å². The third-order valence-electron chi connectivity index (χ3n) is 5.72. The largest absolute Gasteiger partial charge is 0.493 e. The number of aromatic nitrogens is 2. The van der Waals surface area contributed by atoms with Gasteiger partial charge in [0.15, 0.2) is 17.3 Å². The molecular formula is C25H34N6O3. The quantitative estimate of drug-likeness (QED) is 0.519. The van der Waals surface area contributed by atoms with Crippen LogP contribution in [0, 0.1) is 5.92 Å².